The van der Waals surface area contributed by atoms with E-state index in [4.69, 9.17) is 0 Å². The van der Waals surface area contributed by atoms with Crippen molar-refractivity contribution >= 4 is 5.91 Å². The summed E-state index contributed by atoms with van der Waals surface area (Å²) >= 11 is 0. The van der Waals surface area contributed by atoms with E-state index in [-0.39, 0.29) is 11.9 Å². The van der Waals surface area contributed by atoms with E-state index in [1.807, 2.05) is 11.0 Å². The summed E-state index contributed by atoms with van der Waals surface area (Å²) < 4.78 is 0. The van der Waals surface area contributed by atoms with Gasteiger partial charge in [0.2, 0.25) is 5.91 Å². The third-order valence-electron chi connectivity index (χ3n) is 4.35. The predicted octanol–water partition coefficient (Wildman–Crippen LogP) is 3.11. The van der Waals surface area contributed by atoms with Gasteiger partial charge in [-0.25, -0.2) is 0 Å². The summed E-state index contributed by atoms with van der Waals surface area (Å²) in [6, 6.07) is 18.8. The van der Waals surface area contributed by atoms with E-state index >= 15 is 0 Å². The first-order valence-corrected chi connectivity index (χ1v) is 8.44. The smallest absolute Gasteiger partial charge is 0.240 e. The molecule has 0 bridgehead atoms. The minimum absolute atomic E-state index is 0.0960. The van der Waals surface area contributed by atoms with Crippen LogP contribution in [0.3, 0.4) is 0 Å². The van der Waals surface area contributed by atoms with Gasteiger partial charge in [0.15, 0.2) is 0 Å². The van der Waals surface area contributed by atoms with Gasteiger partial charge in [-0.2, -0.15) is 0 Å². The van der Waals surface area contributed by atoms with Crippen molar-refractivity contribution in [2.75, 3.05) is 19.6 Å². The normalized spacial score (nSPS) is 18.2. The van der Waals surface area contributed by atoms with Crippen molar-refractivity contribution in [2.45, 2.75) is 25.8 Å². The maximum Gasteiger partial charge on any atom is 0.240 e. The monoisotopic (exact) mass is 308 g/mol. The number of benzene rings is 2. The molecule has 0 aliphatic carbocycles. The summed E-state index contributed by atoms with van der Waals surface area (Å²) in [5.74, 6) is 0.239. The molecule has 1 atom stereocenters. The van der Waals surface area contributed by atoms with Crippen LogP contribution in [0.25, 0.3) is 11.1 Å². The highest BCUT2D eigenvalue weighted by atomic mass is 16.2. The minimum Gasteiger partial charge on any atom is -0.340 e. The molecule has 0 saturated carbocycles. The van der Waals surface area contributed by atoms with E-state index in [1.165, 1.54) is 16.7 Å². The Labute approximate surface area is 138 Å². The zero-order chi connectivity index (χ0) is 16.1. The zero-order valence-electron chi connectivity index (χ0n) is 13.7. The molecule has 0 radical (unpaired) electrons. The van der Waals surface area contributed by atoms with E-state index in [0.29, 0.717) is 0 Å². The Balaban J connectivity index is 1.74. The Bertz CT molecular complexity index is 652. The molecule has 1 fully saturated rings. The van der Waals surface area contributed by atoms with E-state index < -0.39 is 0 Å². The molecule has 3 rings (SSSR count). The topological polar surface area (TPSA) is 32.3 Å². The van der Waals surface area contributed by atoms with Crippen molar-refractivity contribution in [3.63, 3.8) is 0 Å². The highest BCUT2D eigenvalue weighted by molar-refractivity contribution is 5.83. The second-order valence-corrected chi connectivity index (χ2v) is 6.10. The number of nitrogens with zero attached hydrogens (tertiary/aromatic N) is 1. The lowest BCUT2D eigenvalue weighted by Gasteiger charge is -2.33. The summed E-state index contributed by atoms with van der Waals surface area (Å²) in [5, 5.41) is 3.37. The number of rotatable bonds is 5. The number of hydrogen-bond donors (Lipinski definition) is 1. The fourth-order valence-electron chi connectivity index (χ4n) is 3.19. The van der Waals surface area contributed by atoms with Gasteiger partial charge in [0.25, 0.3) is 0 Å². The number of nitrogens with one attached hydrogen (secondary N) is 1. The highest BCUT2D eigenvalue weighted by Crippen LogP contribution is 2.21. The van der Waals surface area contributed by atoms with Gasteiger partial charge in [-0.05, 0) is 29.5 Å². The predicted molar refractivity (Wildman–Crippen MR) is 94.2 cm³/mol. The summed E-state index contributed by atoms with van der Waals surface area (Å²) in [4.78, 5) is 14.5. The van der Waals surface area contributed by atoms with Crippen LogP contribution >= 0.6 is 0 Å². The van der Waals surface area contributed by atoms with Gasteiger partial charge in [0.05, 0.1) is 6.04 Å². The number of piperazine rings is 1. The molecular weight excluding hydrogens is 284 g/mol. The molecule has 2 aromatic rings. The average molecular weight is 308 g/mol. The van der Waals surface area contributed by atoms with Gasteiger partial charge >= 0.3 is 0 Å². The Morgan fingerprint density at radius 1 is 1.09 bits per heavy atom. The molecule has 1 unspecified atom stereocenters. The Morgan fingerprint density at radius 2 is 1.87 bits per heavy atom. The number of carbonyl (C=O) groups excluding carboxylic acids is 1. The molecule has 0 aromatic heterocycles. The van der Waals surface area contributed by atoms with Crippen LogP contribution in [0.2, 0.25) is 0 Å². The molecular formula is C20H24N2O. The van der Waals surface area contributed by atoms with Crippen molar-refractivity contribution in [3.8, 4) is 11.1 Å². The molecule has 1 amide bonds. The van der Waals surface area contributed by atoms with Crippen LogP contribution in [0.1, 0.15) is 18.9 Å². The van der Waals surface area contributed by atoms with Gasteiger partial charge in [-0.3, -0.25) is 4.79 Å². The minimum atomic E-state index is -0.0960. The van der Waals surface area contributed by atoms with Gasteiger partial charge in [0, 0.05) is 19.6 Å². The summed E-state index contributed by atoms with van der Waals surface area (Å²) in [5.41, 5.74) is 3.62. The molecule has 1 heterocycles. The molecule has 3 nitrogen and oxygen atoms in total. The van der Waals surface area contributed by atoms with Crippen LogP contribution in [0.15, 0.2) is 54.6 Å². The van der Waals surface area contributed by atoms with Crippen molar-refractivity contribution in [1.29, 1.82) is 0 Å². The van der Waals surface area contributed by atoms with Crippen LogP contribution in [0.5, 0.6) is 0 Å². The number of amides is 1. The van der Waals surface area contributed by atoms with Crippen LogP contribution < -0.4 is 5.32 Å². The van der Waals surface area contributed by atoms with Crippen molar-refractivity contribution in [3.05, 3.63) is 60.2 Å². The second kappa shape index (κ2) is 7.42. The lowest BCUT2D eigenvalue weighted by atomic mass is 9.98. The fourth-order valence-corrected chi connectivity index (χ4v) is 3.19. The molecule has 3 heteroatoms. The second-order valence-electron chi connectivity index (χ2n) is 6.10. The summed E-state index contributed by atoms with van der Waals surface area (Å²) in [6.45, 7) is 4.69. The number of carbonyl (C=O) groups is 1. The standard InChI is InChI=1S/C20H24N2O/c1-2-12-22-13-11-21-19(20(22)23)15-16-7-6-10-18(14-16)17-8-4-3-5-9-17/h3-10,14,19,21H,2,11-13,15H2,1H3. The summed E-state index contributed by atoms with van der Waals surface area (Å²) in [7, 11) is 0. The van der Waals surface area contributed by atoms with Crippen LogP contribution in [0, 0.1) is 0 Å². The van der Waals surface area contributed by atoms with Crippen LogP contribution in [-0.2, 0) is 11.2 Å². The first kappa shape index (κ1) is 15.8. The van der Waals surface area contributed by atoms with Crippen molar-refractivity contribution in [1.82, 2.24) is 10.2 Å². The lowest BCUT2D eigenvalue weighted by molar-refractivity contribution is -0.135. The SMILES string of the molecule is CCCN1CCNC(Cc2cccc(-c3ccccc3)c2)C1=O. The lowest BCUT2D eigenvalue weighted by Crippen LogP contribution is -2.55. The molecule has 0 spiro atoms. The van der Waals surface area contributed by atoms with E-state index in [1.54, 1.807) is 0 Å². The zero-order valence-corrected chi connectivity index (χ0v) is 13.7. The van der Waals surface area contributed by atoms with Gasteiger partial charge in [-0.1, -0.05) is 61.5 Å². The quantitative estimate of drug-likeness (QED) is 0.920. The first-order valence-electron chi connectivity index (χ1n) is 8.44. The van der Waals surface area contributed by atoms with E-state index in [9.17, 15) is 4.79 Å². The average Bonchev–Trinajstić information content (AvgIpc) is 2.60. The summed E-state index contributed by atoms with van der Waals surface area (Å²) in [6.07, 6.45) is 1.77. The van der Waals surface area contributed by atoms with Crippen molar-refractivity contribution in [2.24, 2.45) is 0 Å². The number of hydrogen-bond acceptors (Lipinski definition) is 2. The van der Waals surface area contributed by atoms with Crippen LogP contribution in [0.4, 0.5) is 0 Å². The highest BCUT2D eigenvalue weighted by Gasteiger charge is 2.27. The third kappa shape index (κ3) is 3.80. The van der Waals surface area contributed by atoms with E-state index in [2.05, 4.69) is 60.8 Å². The maximum absolute atomic E-state index is 12.5. The van der Waals surface area contributed by atoms with E-state index in [0.717, 1.165) is 32.5 Å². The molecule has 2 aromatic carbocycles. The molecule has 1 saturated heterocycles. The van der Waals surface area contributed by atoms with Gasteiger partial charge < -0.3 is 10.2 Å². The van der Waals surface area contributed by atoms with Crippen molar-refractivity contribution < 1.29 is 4.79 Å². The van der Waals surface area contributed by atoms with Crippen LogP contribution in [-0.4, -0.2) is 36.5 Å². The molecule has 120 valence electrons. The first-order chi connectivity index (χ1) is 11.3. The molecule has 1 aliphatic rings. The third-order valence-corrected chi connectivity index (χ3v) is 4.35. The molecule has 1 N–H and O–H groups in total. The Morgan fingerprint density at radius 3 is 2.65 bits per heavy atom. The Hall–Kier alpha value is -2.13. The fraction of sp³-hybridized carbons (Fsp3) is 0.350. The maximum atomic E-state index is 12.5. The largest absolute Gasteiger partial charge is 0.340 e. The van der Waals surface area contributed by atoms with Gasteiger partial charge in [0.1, 0.15) is 0 Å². The van der Waals surface area contributed by atoms with Gasteiger partial charge in [-0.15, -0.1) is 0 Å². The molecule has 23 heavy (non-hydrogen) atoms. The Kier molecular flexibility index (Phi) is 5.09. The molecule has 1 aliphatic heterocycles.